The number of rotatable bonds is 4. The molecule has 0 aliphatic heterocycles. The van der Waals surface area contributed by atoms with Crippen molar-refractivity contribution in [3.05, 3.63) is 65.0 Å². The summed E-state index contributed by atoms with van der Waals surface area (Å²) in [5.74, 6) is -0.953. The van der Waals surface area contributed by atoms with Crippen LogP contribution in [0.5, 0.6) is 0 Å². The molecule has 2 rings (SSSR count). The predicted octanol–water partition coefficient (Wildman–Crippen LogP) is 3.90. The average Bonchev–Trinajstić information content (AvgIpc) is 2.44. The molecule has 0 fully saturated rings. The summed E-state index contributed by atoms with van der Waals surface area (Å²) < 4.78 is 37.3. The third kappa shape index (κ3) is 4.44. The van der Waals surface area contributed by atoms with E-state index in [4.69, 9.17) is 5.11 Å². The molecule has 0 amide bonds. The number of aliphatic carboxylic acids is 1. The summed E-state index contributed by atoms with van der Waals surface area (Å²) in [7, 11) is 0. The number of carboxylic acid groups (broad SMARTS) is 1. The van der Waals surface area contributed by atoms with Gasteiger partial charge in [0.15, 0.2) is 0 Å². The van der Waals surface area contributed by atoms with Gasteiger partial charge in [0.05, 0.1) is 12.0 Å². The van der Waals surface area contributed by atoms with Crippen molar-refractivity contribution in [3.63, 3.8) is 0 Å². The molecule has 1 N–H and O–H groups in total. The van der Waals surface area contributed by atoms with Gasteiger partial charge in [-0.15, -0.1) is 0 Å². The Hall–Kier alpha value is -2.63. The number of hydrogen-bond acceptors (Lipinski definition) is 2. The molecule has 0 saturated carbocycles. The van der Waals surface area contributed by atoms with Gasteiger partial charge in [-0.1, -0.05) is 24.3 Å². The zero-order valence-electron chi connectivity index (χ0n) is 11.3. The first-order valence-electron chi connectivity index (χ1n) is 6.35. The van der Waals surface area contributed by atoms with Gasteiger partial charge < -0.3 is 5.11 Å². The van der Waals surface area contributed by atoms with Crippen LogP contribution in [0.2, 0.25) is 0 Å². The Labute approximate surface area is 124 Å². The number of nitrogens with zero attached hydrogens (tertiary/aromatic N) is 1. The third-order valence-electron chi connectivity index (χ3n) is 2.88. The first-order chi connectivity index (χ1) is 10.3. The molecule has 114 valence electrons. The molecule has 0 spiro atoms. The molecule has 0 aliphatic carbocycles. The summed E-state index contributed by atoms with van der Waals surface area (Å²) in [6.07, 6.45) is 1.84. The average molecular weight is 307 g/mol. The van der Waals surface area contributed by atoms with Gasteiger partial charge in [0.1, 0.15) is 0 Å². The summed E-state index contributed by atoms with van der Waals surface area (Å²) in [5, 5.41) is 8.72. The van der Waals surface area contributed by atoms with E-state index in [2.05, 4.69) is 4.98 Å². The van der Waals surface area contributed by atoms with Gasteiger partial charge in [-0.25, -0.2) is 0 Å². The predicted molar refractivity (Wildman–Crippen MR) is 75.9 cm³/mol. The summed E-state index contributed by atoms with van der Waals surface area (Å²) >= 11 is 0. The minimum Gasteiger partial charge on any atom is -0.481 e. The lowest BCUT2D eigenvalue weighted by Gasteiger charge is -2.05. The maximum atomic E-state index is 12.4. The standard InChI is InChI=1S/C16H12F3NO2/c17-16(18,19)14-5-3-11(4-6-14)1-2-12-7-13(8-15(21)22)10-20-9-12/h1-7,9-10H,8H2,(H,21,22)/b2-1+. The van der Waals surface area contributed by atoms with E-state index in [-0.39, 0.29) is 6.42 Å². The Morgan fingerprint density at radius 2 is 1.73 bits per heavy atom. The Balaban J connectivity index is 2.13. The Morgan fingerprint density at radius 1 is 1.09 bits per heavy atom. The second-order valence-electron chi connectivity index (χ2n) is 4.65. The van der Waals surface area contributed by atoms with Gasteiger partial charge in [0, 0.05) is 12.4 Å². The van der Waals surface area contributed by atoms with Crippen LogP contribution in [0.15, 0.2) is 42.7 Å². The lowest BCUT2D eigenvalue weighted by Crippen LogP contribution is -2.03. The first-order valence-corrected chi connectivity index (χ1v) is 6.35. The minimum atomic E-state index is -4.35. The van der Waals surface area contributed by atoms with Crippen LogP contribution in [0.4, 0.5) is 13.2 Å². The molecule has 0 saturated heterocycles. The molecule has 0 aliphatic rings. The van der Waals surface area contributed by atoms with E-state index < -0.39 is 17.7 Å². The highest BCUT2D eigenvalue weighted by atomic mass is 19.4. The van der Waals surface area contributed by atoms with Gasteiger partial charge in [-0.05, 0) is 34.9 Å². The maximum Gasteiger partial charge on any atom is 0.416 e. The fraction of sp³-hybridized carbons (Fsp3) is 0.125. The molecule has 6 heteroatoms. The Bertz CT molecular complexity index is 691. The Morgan fingerprint density at radius 3 is 2.32 bits per heavy atom. The first kappa shape index (κ1) is 15.8. The molecule has 1 aromatic carbocycles. The van der Waals surface area contributed by atoms with Gasteiger partial charge in [0.25, 0.3) is 0 Å². The molecule has 2 aromatic rings. The SMILES string of the molecule is O=C(O)Cc1cncc(/C=C/c2ccc(C(F)(F)F)cc2)c1. The van der Waals surface area contributed by atoms with E-state index in [1.807, 2.05) is 0 Å². The molecule has 1 aromatic heterocycles. The van der Waals surface area contributed by atoms with E-state index >= 15 is 0 Å². The van der Waals surface area contributed by atoms with Crippen molar-refractivity contribution < 1.29 is 23.1 Å². The molecule has 22 heavy (non-hydrogen) atoms. The number of halogens is 3. The van der Waals surface area contributed by atoms with Crippen LogP contribution in [0, 0.1) is 0 Å². The van der Waals surface area contributed by atoms with Crippen molar-refractivity contribution in [3.8, 4) is 0 Å². The normalized spacial score (nSPS) is 11.8. The number of alkyl halides is 3. The van der Waals surface area contributed by atoms with Gasteiger partial charge in [-0.3, -0.25) is 9.78 Å². The molecular formula is C16H12F3NO2. The van der Waals surface area contributed by atoms with Crippen molar-refractivity contribution >= 4 is 18.1 Å². The summed E-state index contributed by atoms with van der Waals surface area (Å²) in [4.78, 5) is 14.6. The number of carboxylic acids is 1. The largest absolute Gasteiger partial charge is 0.481 e. The quantitative estimate of drug-likeness (QED) is 0.932. The maximum absolute atomic E-state index is 12.4. The Kier molecular flexibility index (Phi) is 4.60. The number of pyridine rings is 1. The topological polar surface area (TPSA) is 50.2 Å². The molecule has 0 atom stereocenters. The highest BCUT2D eigenvalue weighted by Gasteiger charge is 2.29. The lowest BCUT2D eigenvalue weighted by molar-refractivity contribution is -0.138. The van der Waals surface area contributed by atoms with Crippen LogP contribution in [0.1, 0.15) is 22.3 Å². The zero-order chi connectivity index (χ0) is 16.2. The molecular weight excluding hydrogens is 295 g/mol. The fourth-order valence-electron chi connectivity index (χ4n) is 1.85. The summed E-state index contributed by atoms with van der Waals surface area (Å²) in [6.45, 7) is 0. The number of benzene rings is 1. The lowest BCUT2D eigenvalue weighted by atomic mass is 10.1. The summed E-state index contributed by atoms with van der Waals surface area (Å²) in [5.41, 5.74) is 1.15. The molecule has 1 heterocycles. The van der Waals surface area contributed by atoms with Crippen LogP contribution in [-0.2, 0) is 17.4 Å². The van der Waals surface area contributed by atoms with E-state index in [1.54, 1.807) is 24.4 Å². The van der Waals surface area contributed by atoms with E-state index in [1.165, 1.54) is 18.3 Å². The summed E-state index contributed by atoms with van der Waals surface area (Å²) in [6, 6.07) is 6.43. The van der Waals surface area contributed by atoms with Crippen LogP contribution < -0.4 is 0 Å². The van der Waals surface area contributed by atoms with E-state index in [9.17, 15) is 18.0 Å². The van der Waals surface area contributed by atoms with Gasteiger partial charge in [0.2, 0.25) is 0 Å². The molecule has 3 nitrogen and oxygen atoms in total. The minimum absolute atomic E-state index is 0.130. The van der Waals surface area contributed by atoms with Crippen LogP contribution in [0.25, 0.3) is 12.2 Å². The third-order valence-corrected chi connectivity index (χ3v) is 2.88. The van der Waals surface area contributed by atoms with Crippen LogP contribution in [0.3, 0.4) is 0 Å². The molecule has 0 bridgehead atoms. The van der Waals surface area contributed by atoms with Crippen LogP contribution >= 0.6 is 0 Å². The smallest absolute Gasteiger partial charge is 0.416 e. The van der Waals surface area contributed by atoms with Gasteiger partial charge >= 0.3 is 12.1 Å². The highest BCUT2D eigenvalue weighted by Crippen LogP contribution is 2.29. The molecule has 0 radical (unpaired) electrons. The highest BCUT2D eigenvalue weighted by molar-refractivity contribution is 5.72. The van der Waals surface area contributed by atoms with Crippen molar-refractivity contribution in [2.24, 2.45) is 0 Å². The second kappa shape index (κ2) is 6.43. The number of hydrogen-bond donors (Lipinski definition) is 1. The monoisotopic (exact) mass is 307 g/mol. The van der Waals surface area contributed by atoms with Crippen molar-refractivity contribution in [2.75, 3.05) is 0 Å². The van der Waals surface area contributed by atoms with Gasteiger partial charge in [-0.2, -0.15) is 13.2 Å². The van der Waals surface area contributed by atoms with Crippen molar-refractivity contribution in [1.82, 2.24) is 4.98 Å². The van der Waals surface area contributed by atoms with Crippen molar-refractivity contribution in [1.29, 1.82) is 0 Å². The van der Waals surface area contributed by atoms with E-state index in [0.717, 1.165) is 12.1 Å². The second-order valence-corrected chi connectivity index (χ2v) is 4.65. The van der Waals surface area contributed by atoms with Crippen molar-refractivity contribution in [2.45, 2.75) is 12.6 Å². The van der Waals surface area contributed by atoms with Crippen LogP contribution in [-0.4, -0.2) is 16.1 Å². The number of aromatic nitrogens is 1. The molecule has 0 unspecified atom stereocenters. The van der Waals surface area contributed by atoms with E-state index in [0.29, 0.717) is 16.7 Å². The number of carbonyl (C=O) groups is 1. The fourth-order valence-corrected chi connectivity index (χ4v) is 1.85. The zero-order valence-corrected chi connectivity index (χ0v) is 11.3.